The highest BCUT2D eigenvalue weighted by molar-refractivity contribution is 5.97. The average Bonchev–Trinajstić information content (AvgIpc) is 3.41. The van der Waals surface area contributed by atoms with Crippen molar-refractivity contribution >= 4 is 11.8 Å². The van der Waals surface area contributed by atoms with E-state index < -0.39 is 6.04 Å². The summed E-state index contributed by atoms with van der Waals surface area (Å²) in [7, 11) is 0. The first-order valence-electron chi connectivity index (χ1n) is 10.8. The molecule has 160 valence electrons. The van der Waals surface area contributed by atoms with Crippen LogP contribution in [0.1, 0.15) is 56.5 Å². The van der Waals surface area contributed by atoms with Gasteiger partial charge in [-0.3, -0.25) is 9.59 Å². The van der Waals surface area contributed by atoms with Crippen LogP contribution in [0, 0.1) is 17.7 Å². The van der Waals surface area contributed by atoms with E-state index in [0.29, 0.717) is 30.1 Å². The molecule has 1 N–H and O–H groups in total. The van der Waals surface area contributed by atoms with Gasteiger partial charge >= 0.3 is 0 Å². The molecule has 1 saturated carbocycles. The highest BCUT2D eigenvalue weighted by Gasteiger charge is 2.41. The molecular weight excluding hydrogens is 385 g/mol. The quantitative estimate of drug-likeness (QED) is 0.803. The number of nitrogens with one attached hydrogen (secondary N) is 1. The number of nitrogens with zero attached hydrogens (tertiary/aromatic N) is 2. The van der Waals surface area contributed by atoms with E-state index in [1.807, 2.05) is 13.8 Å². The maximum absolute atomic E-state index is 13.3. The summed E-state index contributed by atoms with van der Waals surface area (Å²) < 4.78 is 18.5. The Morgan fingerprint density at radius 3 is 2.63 bits per heavy atom. The maximum Gasteiger partial charge on any atom is 0.293 e. The fourth-order valence-electron chi connectivity index (χ4n) is 4.61. The highest BCUT2D eigenvalue weighted by atomic mass is 19.1. The lowest BCUT2D eigenvalue weighted by atomic mass is 9.91. The van der Waals surface area contributed by atoms with E-state index in [9.17, 15) is 14.0 Å². The second kappa shape index (κ2) is 8.58. The van der Waals surface area contributed by atoms with Gasteiger partial charge in [0.15, 0.2) is 0 Å². The molecule has 2 atom stereocenters. The average molecular weight is 413 g/mol. The summed E-state index contributed by atoms with van der Waals surface area (Å²) in [4.78, 5) is 27.9. The summed E-state index contributed by atoms with van der Waals surface area (Å²) in [5, 5.41) is 7.16. The van der Waals surface area contributed by atoms with Crippen LogP contribution in [0.25, 0.3) is 11.3 Å². The van der Waals surface area contributed by atoms with Gasteiger partial charge in [0.2, 0.25) is 11.7 Å². The molecule has 0 bridgehead atoms. The minimum absolute atomic E-state index is 0.0214. The van der Waals surface area contributed by atoms with Crippen molar-refractivity contribution in [2.45, 2.75) is 58.0 Å². The first kappa shape index (κ1) is 20.6. The van der Waals surface area contributed by atoms with E-state index >= 15 is 0 Å². The molecule has 0 unspecified atom stereocenters. The Hall–Kier alpha value is -2.70. The largest absolute Gasteiger partial charge is 0.350 e. The van der Waals surface area contributed by atoms with Crippen molar-refractivity contribution in [1.82, 2.24) is 15.4 Å². The summed E-state index contributed by atoms with van der Waals surface area (Å²) in [6.45, 7) is 4.57. The van der Waals surface area contributed by atoms with Crippen molar-refractivity contribution in [3.05, 3.63) is 41.9 Å². The summed E-state index contributed by atoms with van der Waals surface area (Å²) in [6, 6.07) is 6.89. The number of piperazine rings is 1. The van der Waals surface area contributed by atoms with Gasteiger partial charge in [-0.25, -0.2) is 4.39 Å². The topological polar surface area (TPSA) is 75.4 Å². The summed E-state index contributed by atoms with van der Waals surface area (Å²) in [6.07, 6.45) is 5.10. The van der Waals surface area contributed by atoms with Gasteiger partial charge in [0.05, 0.1) is 0 Å². The Labute approximate surface area is 175 Å². The molecule has 0 spiro atoms. The van der Waals surface area contributed by atoms with Crippen molar-refractivity contribution in [2.75, 3.05) is 6.54 Å². The van der Waals surface area contributed by atoms with Crippen LogP contribution in [0.3, 0.4) is 0 Å². The van der Waals surface area contributed by atoms with Gasteiger partial charge in [0.25, 0.3) is 5.91 Å². The van der Waals surface area contributed by atoms with Crippen LogP contribution in [0.5, 0.6) is 0 Å². The Morgan fingerprint density at radius 1 is 1.27 bits per heavy atom. The highest BCUT2D eigenvalue weighted by Crippen LogP contribution is 2.31. The van der Waals surface area contributed by atoms with E-state index in [1.54, 1.807) is 23.1 Å². The van der Waals surface area contributed by atoms with Crippen LogP contribution >= 0.6 is 0 Å². The zero-order valence-electron chi connectivity index (χ0n) is 17.4. The molecule has 0 radical (unpaired) electrons. The second-order valence-corrected chi connectivity index (χ2v) is 8.85. The van der Waals surface area contributed by atoms with E-state index in [1.165, 1.54) is 25.0 Å². The third kappa shape index (κ3) is 4.25. The van der Waals surface area contributed by atoms with Crippen LogP contribution in [-0.2, 0) is 4.79 Å². The van der Waals surface area contributed by atoms with Crippen LogP contribution in [-0.4, -0.2) is 40.5 Å². The molecule has 7 heteroatoms. The summed E-state index contributed by atoms with van der Waals surface area (Å²) >= 11 is 0. The normalized spacial score (nSPS) is 22.5. The predicted molar refractivity (Wildman–Crippen MR) is 110 cm³/mol. The number of hydrogen-bond donors (Lipinski definition) is 1. The van der Waals surface area contributed by atoms with Gasteiger partial charge in [-0.2, -0.15) is 0 Å². The molecule has 1 aromatic carbocycles. The van der Waals surface area contributed by atoms with E-state index in [-0.39, 0.29) is 35.4 Å². The number of benzene rings is 1. The van der Waals surface area contributed by atoms with Gasteiger partial charge in [-0.15, -0.1) is 0 Å². The Morgan fingerprint density at radius 2 is 1.97 bits per heavy atom. The van der Waals surface area contributed by atoms with Crippen LogP contribution in [0.15, 0.2) is 34.9 Å². The lowest BCUT2D eigenvalue weighted by Gasteiger charge is -2.41. The number of rotatable bonds is 5. The molecule has 4 rings (SSSR count). The van der Waals surface area contributed by atoms with E-state index in [0.717, 1.165) is 12.8 Å². The minimum atomic E-state index is -0.519. The predicted octanol–water partition coefficient (Wildman–Crippen LogP) is 4.03. The third-order valence-electron chi connectivity index (χ3n) is 6.19. The smallest absolute Gasteiger partial charge is 0.293 e. The Bertz CT molecular complexity index is 903. The fourth-order valence-corrected chi connectivity index (χ4v) is 4.61. The molecule has 1 aliphatic carbocycles. The minimum Gasteiger partial charge on any atom is -0.350 e. The van der Waals surface area contributed by atoms with Crippen molar-refractivity contribution in [2.24, 2.45) is 11.8 Å². The molecule has 2 amide bonds. The molecule has 1 aliphatic heterocycles. The number of carbonyl (C=O) groups is 2. The summed E-state index contributed by atoms with van der Waals surface area (Å²) in [5.74, 6) is 0.0328. The van der Waals surface area contributed by atoms with Crippen molar-refractivity contribution in [1.29, 1.82) is 0 Å². The first-order valence-corrected chi connectivity index (χ1v) is 10.8. The molecule has 1 aromatic heterocycles. The molecule has 2 aromatic rings. The zero-order valence-corrected chi connectivity index (χ0v) is 17.4. The van der Waals surface area contributed by atoms with Gasteiger partial charge in [-0.05, 0) is 55.4 Å². The van der Waals surface area contributed by atoms with E-state index in [2.05, 4.69) is 10.5 Å². The maximum atomic E-state index is 13.3. The van der Waals surface area contributed by atoms with Gasteiger partial charge in [-0.1, -0.05) is 31.8 Å². The third-order valence-corrected chi connectivity index (χ3v) is 6.19. The van der Waals surface area contributed by atoms with Crippen molar-refractivity contribution < 1.29 is 18.5 Å². The second-order valence-electron chi connectivity index (χ2n) is 8.85. The molecule has 30 heavy (non-hydrogen) atoms. The van der Waals surface area contributed by atoms with Crippen LogP contribution < -0.4 is 5.32 Å². The number of amides is 2. The molecular formula is C23H28FN3O3. The van der Waals surface area contributed by atoms with Crippen molar-refractivity contribution in [3.63, 3.8) is 0 Å². The van der Waals surface area contributed by atoms with Crippen LogP contribution in [0.4, 0.5) is 4.39 Å². The monoisotopic (exact) mass is 413 g/mol. The SMILES string of the molecule is CC(C)C[C@H]1C(=O)N[C@@H](C2CCCC2)CN1C(=O)c1cc(-c2ccc(F)cc2)no1. The standard InChI is InChI=1S/C23H28FN3O3/c1-14(2)11-20-22(28)25-19(15-5-3-4-6-15)13-27(20)23(29)21-12-18(26-30-21)16-7-9-17(24)10-8-16/h7-10,12,14-15,19-20H,3-6,11,13H2,1-2H3,(H,25,28)/t19-,20+/m1/s1. The van der Waals surface area contributed by atoms with Gasteiger partial charge in [0, 0.05) is 24.2 Å². The van der Waals surface area contributed by atoms with Gasteiger partial charge < -0.3 is 14.7 Å². The van der Waals surface area contributed by atoms with E-state index in [4.69, 9.17) is 4.52 Å². The molecule has 1 saturated heterocycles. The molecule has 2 aliphatic rings. The summed E-state index contributed by atoms with van der Waals surface area (Å²) in [5.41, 5.74) is 1.13. The molecule has 6 nitrogen and oxygen atoms in total. The lowest BCUT2D eigenvalue weighted by Crippen LogP contribution is -2.63. The molecule has 2 heterocycles. The fraction of sp³-hybridized carbons (Fsp3) is 0.522. The van der Waals surface area contributed by atoms with Crippen LogP contribution in [0.2, 0.25) is 0 Å². The van der Waals surface area contributed by atoms with Gasteiger partial charge in [0.1, 0.15) is 17.6 Å². The molecule has 2 fully saturated rings. The van der Waals surface area contributed by atoms with Crippen molar-refractivity contribution in [3.8, 4) is 11.3 Å². The lowest BCUT2D eigenvalue weighted by molar-refractivity contribution is -0.130. The zero-order chi connectivity index (χ0) is 21.3. The number of hydrogen-bond acceptors (Lipinski definition) is 4. The Kier molecular flexibility index (Phi) is 5.88. The Balaban J connectivity index is 1.58. The number of halogens is 1. The number of carbonyl (C=O) groups excluding carboxylic acids is 2. The first-order chi connectivity index (χ1) is 14.4. The number of aromatic nitrogens is 1.